The monoisotopic (exact) mass is 466 g/mol. The number of pyridine rings is 1. The van der Waals surface area contributed by atoms with Gasteiger partial charge in [0.25, 0.3) is 0 Å². The molecule has 2 heterocycles. The molecule has 6 rings (SSSR count). The van der Waals surface area contributed by atoms with E-state index in [0.29, 0.717) is 23.1 Å². The fraction of sp³-hybridized carbons (Fsp3) is 0.750. The summed E-state index contributed by atoms with van der Waals surface area (Å²) in [6, 6.07) is 3.60. The third kappa shape index (κ3) is 3.77. The second-order valence-corrected chi connectivity index (χ2v) is 12.3. The number of hydrogen-bond acceptors (Lipinski definition) is 6. The Balaban J connectivity index is 1.15. The smallest absolute Gasteiger partial charge is 0.396 e. The van der Waals surface area contributed by atoms with Crippen molar-refractivity contribution >= 4 is 17.0 Å². The average molecular weight is 467 g/mol. The number of aliphatic hydroxyl groups is 1. The zero-order valence-electron chi connectivity index (χ0n) is 20.5. The first-order chi connectivity index (χ1) is 16.3. The Bertz CT molecular complexity index is 1030. The van der Waals surface area contributed by atoms with E-state index in [0.717, 1.165) is 49.9 Å². The molecule has 1 N–H and O–H groups in total. The van der Waals surface area contributed by atoms with Gasteiger partial charge in [0, 0.05) is 12.1 Å². The van der Waals surface area contributed by atoms with Crippen molar-refractivity contribution in [3.8, 4) is 6.08 Å². The highest BCUT2D eigenvalue weighted by molar-refractivity contribution is 5.83. The number of hydrogen-bond donors (Lipinski definition) is 1. The summed E-state index contributed by atoms with van der Waals surface area (Å²) in [5, 5.41) is 10.6. The SMILES string of the molecule is C[C@@]1(O)CC[C@H]2[C@H](CC[C@@H]3[C@@H]2CC[C@]2(C)[C@@H](C(=O)COc4nc5ncccc5o4)CCC[C@@H]32)C1. The number of oxazole rings is 1. The third-order valence-electron chi connectivity index (χ3n) is 10.4. The summed E-state index contributed by atoms with van der Waals surface area (Å²) in [5.74, 6) is 3.87. The van der Waals surface area contributed by atoms with Gasteiger partial charge < -0.3 is 14.3 Å². The molecule has 0 radical (unpaired) electrons. The summed E-state index contributed by atoms with van der Waals surface area (Å²) in [6.07, 6.45) is 13.2. The molecule has 8 atom stereocenters. The first-order valence-corrected chi connectivity index (χ1v) is 13.4. The molecule has 0 saturated heterocycles. The van der Waals surface area contributed by atoms with Crippen LogP contribution < -0.4 is 4.74 Å². The first-order valence-electron chi connectivity index (χ1n) is 13.4. The van der Waals surface area contributed by atoms with Gasteiger partial charge in [-0.05, 0) is 112 Å². The van der Waals surface area contributed by atoms with Crippen LogP contribution in [0.2, 0.25) is 0 Å². The van der Waals surface area contributed by atoms with Crippen LogP contribution in [-0.2, 0) is 4.79 Å². The van der Waals surface area contributed by atoms with Gasteiger partial charge in [-0.3, -0.25) is 4.79 Å². The minimum absolute atomic E-state index is 0.0215. The van der Waals surface area contributed by atoms with E-state index in [1.54, 1.807) is 18.3 Å². The zero-order valence-corrected chi connectivity index (χ0v) is 20.5. The lowest BCUT2D eigenvalue weighted by Gasteiger charge is -2.60. The van der Waals surface area contributed by atoms with Crippen molar-refractivity contribution in [2.45, 2.75) is 83.7 Å². The lowest BCUT2D eigenvalue weighted by Crippen LogP contribution is -2.55. The van der Waals surface area contributed by atoms with Crippen LogP contribution in [0.5, 0.6) is 6.08 Å². The zero-order chi connectivity index (χ0) is 23.5. The number of carbonyl (C=O) groups excluding carboxylic acids is 1. The third-order valence-corrected chi connectivity index (χ3v) is 10.4. The quantitative estimate of drug-likeness (QED) is 0.633. The van der Waals surface area contributed by atoms with Gasteiger partial charge in [-0.1, -0.05) is 13.3 Å². The van der Waals surface area contributed by atoms with Crippen LogP contribution >= 0.6 is 0 Å². The standard InChI is InChI=1S/C28H38N2O4/c1-27(32)12-10-18-17(15-27)8-9-20-19(18)11-13-28(2)21(20)5-3-6-22(28)23(31)16-33-26-30-25-24(34-26)7-4-14-29-25/h4,7,14,17-22,32H,3,5-6,8-13,15-16H2,1-2H3/t17-,18+,19-,20-,21+,22-,27-,28+/m1/s1. The molecule has 0 unspecified atom stereocenters. The van der Waals surface area contributed by atoms with E-state index in [2.05, 4.69) is 16.9 Å². The van der Waals surface area contributed by atoms with E-state index in [4.69, 9.17) is 9.15 Å². The Labute approximate surface area is 201 Å². The molecular weight excluding hydrogens is 428 g/mol. The highest BCUT2D eigenvalue weighted by Crippen LogP contribution is 2.63. The maximum absolute atomic E-state index is 13.5. The molecular formula is C28H38N2O4. The number of ketones is 1. The van der Waals surface area contributed by atoms with E-state index >= 15 is 0 Å². The largest absolute Gasteiger partial charge is 0.442 e. The molecule has 34 heavy (non-hydrogen) atoms. The lowest BCUT2D eigenvalue weighted by atomic mass is 9.44. The Hall–Kier alpha value is -1.95. The van der Waals surface area contributed by atoms with Crippen molar-refractivity contribution in [1.82, 2.24) is 9.97 Å². The van der Waals surface area contributed by atoms with Gasteiger partial charge in [0.2, 0.25) is 5.65 Å². The molecule has 0 bridgehead atoms. The molecule has 0 spiro atoms. The maximum atomic E-state index is 13.5. The summed E-state index contributed by atoms with van der Waals surface area (Å²) in [4.78, 5) is 21.9. The van der Waals surface area contributed by atoms with Crippen molar-refractivity contribution in [3.05, 3.63) is 18.3 Å². The van der Waals surface area contributed by atoms with E-state index < -0.39 is 5.60 Å². The van der Waals surface area contributed by atoms with Gasteiger partial charge in [0.15, 0.2) is 18.0 Å². The molecule has 6 nitrogen and oxygen atoms in total. The van der Waals surface area contributed by atoms with Crippen molar-refractivity contribution in [3.63, 3.8) is 0 Å². The first kappa shape index (κ1) is 22.5. The average Bonchev–Trinajstić information content (AvgIpc) is 3.24. The Kier molecular flexibility index (Phi) is 5.51. The highest BCUT2D eigenvalue weighted by Gasteiger charge is 2.57. The fourth-order valence-electron chi connectivity index (χ4n) is 8.85. The van der Waals surface area contributed by atoms with Crippen molar-refractivity contribution in [2.24, 2.45) is 40.9 Å². The minimum atomic E-state index is -0.468. The molecule has 0 amide bonds. The van der Waals surface area contributed by atoms with Gasteiger partial charge in [0.05, 0.1) is 5.60 Å². The molecule has 184 valence electrons. The van der Waals surface area contributed by atoms with Crippen LogP contribution in [0, 0.1) is 40.9 Å². The molecule has 4 aliphatic rings. The second-order valence-electron chi connectivity index (χ2n) is 12.3. The van der Waals surface area contributed by atoms with Gasteiger partial charge in [0.1, 0.15) is 0 Å². The lowest BCUT2D eigenvalue weighted by molar-refractivity contribution is -0.149. The Morgan fingerprint density at radius 3 is 2.82 bits per heavy atom. The van der Waals surface area contributed by atoms with E-state index in [1.807, 2.05) is 6.92 Å². The van der Waals surface area contributed by atoms with Crippen LogP contribution in [0.3, 0.4) is 0 Å². The van der Waals surface area contributed by atoms with E-state index in [9.17, 15) is 9.90 Å². The Morgan fingerprint density at radius 1 is 1.12 bits per heavy atom. The molecule has 0 aromatic carbocycles. The molecule has 4 fully saturated rings. The summed E-state index contributed by atoms with van der Waals surface area (Å²) in [5.41, 5.74) is 0.681. The van der Waals surface area contributed by atoms with Crippen LogP contribution in [0.15, 0.2) is 22.7 Å². The molecule has 0 aliphatic heterocycles. The number of rotatable bonds is 4. The molecule has 2 aromatic rings. The van der Waals surface area contributed by atoms with Gasteiger partial charge in [-0.2, -0.15) is 4.98 Å². The number of fused-ring (bicyclic) bond motifs is 6. The molecule has 4 aliphatic carbocycles. The molecule has 4 saturated carbocycles. The summed E-state index contributed by atoms with van der Waals surface area (Å²) < 4.78 is 11.3. The number of Topliss-reactive ketones (excluding diaryl/α,β-unsaturated/α-hetero) is 1. The minimum Gasteiger partial charge on any atom is -0.442 e. The summed E-state index contributed by atoms with van der Waals surface area (Å²) in [6.45, 7) is 4.45. The second kappa shape index (κ2) is 8.32. The Morgan fingerprint density at radius 2 is 1.97 bits per heavy atom. The number of ether oxygens (including phenoxy) is 1. The van der Waals surface area contributed by atoms with Crippen LogP contribution in [0.1, 0.15) is 78.1 Å². The van der Waals surface area contributed by atoms with E-state index in [1.165, 1.54) is 32.1 Å². The number of carbonyl (C=O) groups is 1. The normalized spacial score (nSPS) is 41.9. The highest BCUT2D eigenvalue weighted by atomic mass is 16.6. The summed E-state index contributed by atoms with van der Waals surface area (Å²) >= 11 is 0. The maximum Gasteiger partial charge on any atom is 0.396 e. The van der Waals surface area contributed by atoms with Gasteiger partial charge >= 0.3 is 6.08 Å². The predicted octanol–water partition coefficient (Wildman–Crippen LogP) is 5.58. The predicted molar refractivity (Wildman–Crippen MR) is 128 cm³/mol. The van der Waals surface area contributed by atoms with Crippen molar-refractivity contribution < 1.29 is 19.1 Å². The topological polar surface area (TPSA) is 85.5 Å². The fourth-order valence-corrected chi connectivity index (χ4v) is 8.85. The molecule has 6 heteroatoms. The van der Waals surface area contributed by atoms with E-state index in [-0.39, 0.29) is 29.8 Å². The molecule has 2 aromatic heterocycles. The van der Waals surface area contributed by atoms with Crippen molar-refractivity contribution in [1.29, 1.82) is 0 Å². The van der Waals surface area contributed by atoms with Crippen molar-refractivity contribution in [2.75, 3.05) is 6.61 Å². The number of aromatic nitrogens is 2. The van der Waals surface area contributed by atoms with Crippen LogP contribution in [-0.4, -0.2) is 33.1 Å². The van der Waals surface area contributed by atoms with Crippen LogP contribution in [0.25, 0.3) is 11.2 Å². The van der Waals surface area contributed by atoms with Crippen LogP contribution in [0.4, 0.5) is 0 Å². The van der Waals surface area contributed by atoms with Gasteiger partial charge in [-0.25, -0.2) is 4.98 Å². The van der Waals surface area contributed by atoms with Gasteiger partial charge in [-0.15, -0.1) is 0 Å². The summed E-state index contributed by atoms with van der Waals surface area (Å²) in [7, 11) is 0. The number of nitrogens with zero attached hydrogens (tertiary/aromatic N) is 2.